The molecule has 0 saturated carbocycles. The first-order valence-corrected chi connectivity index (χ1v) is 9.02. The van der Waals surface area contributed by atoms with Crippen LogP contribution in [0, 0.1) is 0 Å². The van der Waals surface area contributed by atoms with Crippen molar-refractivity contribution in [2.45, 2.75) is 18.9 Å². The largest absolute Gasteiger partial charge is 0.469 e. The Labute approximate surface area is 163 Å². The lowest BCUT2D eigenvalue weighted by atomic mass is 10.0. The van der Waals surface area contributed by atoms with E-state index in [2.05, 4.69) is 5.32 Å². The third-order valence-corrected chi connectivity index (χ3v) is 4.64. The lowest BCUT2D eigenvalue weighted by molar-refractivity contribution is -0.141. The van der Waals surface area contributed by atoms with E-state index in [1.54, 1.807) is 24.3 Å². The van der Waals surface area contributed by atoms with Gasteiger partial charge < -0.3 is 10.1 Å². The van der Waals surface area contributed by atoms with E-state index < -0.39 is 6.04 Å². The standard InChI is InChI=1S/C22H20ClNO3/c1-27-22(26)14-20(17-8-10-19(23)11-9-17)24-21(25)13-15-6-7-16-4-2-3-5-18(16)12-15/h2-12,20H,13-14H2,1H3,(H,24,25). The number of halogens is 1. The van der Waals surface area contributed by atoms with Crippen molar-refractivity contribution in [1.29, 1.82) is 0 Å². The summed E-state index contributed by atoms with van der Waals surface area (Å²) in [5.74, 6) is -0.546. The summed E-state index contributed by atoms with van der Waals surface area (Å²) in [7, 11) is 1.33. The first kappa shape index (κ1) is 18.9. The van der Waals surface area contributed by atoms with Crippen molar-refractivity contribution in [3.8, 4) is 0 Å². The van der Waals surface area contributed by atoms with Gasteiger partial charge in [-0.05, 0) is 34.0 Å². The molecule has 0 spiro atoms. The lowest BCUT2D eigenvalue weighted by Crippen LogP contribution is -2.31. The number of nitrogens with one attached hydrogen (secondary N) is 1. The molecule has 1 N–H and O–H groups in total. The molecule has 5 heteroatoms. The molecule has 1 unspecified atom stereocenters. The van der Waals surface area contributed by atoms with Gasteiger partial charge in [0.15, 0.2) is 0 Å². The highest BCUT2D eigenvalue weighted by Gasteiger charge is 2.19. The maximum absolute atomic E-state index is 12.6. The Morgan fingerprint density at radius 1 is 1.00 bits per heavy atom. The number of esters is 1. The van der Waals surface area contributed by atoms with Crippen LogP contribution in [0.1, 0.15) is 23.6 Å². The highest BCUT2D eigenvalue weighted by molar-refractivity contribution is 6.30. The molecule has 0 aliphatic rings. The van der Waals surface area contributed by atoms with Crippen LogP contribution in [0.3, 0.4) is 0 Å². The first-order chi connectivity index (χ1) is 13.0. The van der Waals surface area contributed by atoms with Crippen molar-refractivity contribution in [1.82, 2.24) is 5.32 Å². The van der Waals surface area contributed by atoms with Crippen molar-refractivity contribution >= 4 is 34.2 Å². The van der Waals surface area contributed by atoms with E-state index in [9.17, 15) is 9.59 Å². The van der Waals surface area contributed by atoms with E-state index in [0.717, 1.165) is 21.9 Å². The van der Waals surface area contributed by atoms with Crippen LogP contribution >= 0.6 is 11.6 Å². The summed E-state index contributed by atoms with van der Waals surface area (Å²) >= 11 is 5.93. The van der Waals surface area contributed by atoms with E-state index >= 15 is 0 Å². The molecule has 0 aromatic heterocycles. The zero-order valence-electron chi connectivity index (χ0n) is 14.9. The van der Waals surface area contributed by atoms with Gasteiger partial charge in [0.25, 0.3) is 0 Å². The summed E-state index contributed by atoms with van der Waals surface area (Å²) in [5, 5.41) is 5.75. The van der Waals surface area contributed by atoms with E-state index in [1.807, 2.05) is 42.5 Å². The van der Waals surface area contributed by atoms with Gasteiger partial charge in [0.2, 0.25) is 5.91 Å². The fourth-order valence-corrected chi connectivity index (χ4v) is 3.10. The monoisotopic (exact) mass is 381 g/mol. The molecule has 0 aliphatic carbocycles. The lowest BCUT2D eigenvalue weighted by Gasteiger charge is -2.18. The molecule has 3 aromatic carbocycles. The number of carbonyl (C=O) groups is 2. The minimum atomic E-state index is -0.470. The Balaban J connectivity index is 1.74. The van der Waals surface area contributed by atoms with Crippen molar-refractivity contribution in [3.63, 3.8) is 0 Å². The number of carbonyl (C=O) groups excluding carboxylic acids is 2. The SMILES string of the molecule is COC(=O)CC(NC(=O)Cc1ccc2ccccc2c1)c1ccc(Cl)cc1. The second-order valence-electron chi connectivity index (χ2n) is 6.31. The quantitative estimate of drug-likeness (QED) is 0.641. The molecular formula is C22H20ClNO3. The summed E-state index contributed by atoms with van der Waals surface area (Å²) < 4.78 is 4.76. The summed E-state index contributed by atoms with van der Waals surface area (Å²) in [5.41, 5.74) is 1.72. The maximum Gasteiger partial charge on any atom is 0.307 e. The number of hydrogen-bond donors (Lipinski definition) is 1. The molecule has 3 aromatic rings. The second kappa shape index (κ2) is 8.69. The highest BCUT2D eigenvalue weighted by Crippen LogP contribution is 2.21. The average molecular weight is 382 g/mol. The maximum atomic E-state index is 12.6. The van der Waals surface area contributed by atoms with Gasteiger partial charge in [-0.3, -0.25) is 9.59 Å². The molecule has 4 nitrogen and oxygen atoms in total. The zero-order chi connectivity index (χ0) is 19.2. The highest BCUT2D eigenvalue weighted by atomic mass is 35.5. The molecule has 3 rings (SSSR count). The number of benzene rings is 3. The zero-order valence-corrected chi connectivity index (χ0v) is 15.7. The van der Waals surface area contributed by atoms with Crippen LogP contribution in [0.4, 0.5) is 0 Å². The number of fused-ring (bicyclic) bond motifs is 1. The Morgan fingerprint density at radius 2 is 1.70 bits per heavy atom. The molecule has 1 atom stereocenters. The van der Waals surface area contributed by atoms with Crippen LogP contribution in [0.25, 0.3) is 10.8 Å². The van der Waals surface area contributed by atoms with Gasteiger partial charge in [0, 0.05) is 5.02 Å². The Morgan fingerprint density at radius 3 is 2.41 bits per heavy atom. The molecule has 27 heavy (non-hydrogen) atoms. The van der Waals surface area contributed by atoms with Crippen LogP contribution in [0.15, 0.2) is 66.7 Å². The van der Waals surface area contributed by atoms with Gasteiger partial charge in [-0.25, -0.2) is 0 Å². The van der Waals surface area contributed by atoms with E-state index in [0.29, 0.717) is 5.02 Å². The number of rotatable bonds is 6. The Bertz CT molecular complexity index is 953. The van der Waals surface area contributed by atoms with Crippen LogP contribution < -0.4 is 5.32 Å². The molecule has 0 bridgehead atoms. The van der Waals surface area contributed by atoms with Crippen LogP contribution in [-0.4, -0.2) is 19.0 Å². The fraction of sp³-hybridized carbons (Fsp3) is 0.182. The van der Waals surface area contributed by atoms with E-state index in [-0.39, 0.29) is 24.7 Å². The van der Waals surface area contributed by atoms with Gasteiger partial charge in [-0.2, -0.15) is 0 Å². The Hall–Kier alpha value is -2.85. The van der Waals surface area contributed by atoms with Crippen LogP contribution in [0.2, 0.25) is 5.02 Å². The van der Waals surface area contributed by atoms with Crippen molar-refractivity contribution in [2.24, 2.45) is 0 Å². The van der Waals surface area contributed by atoms with Crippen LogP contribution in [0.5, 0.6) is 0 Å². The number of ether oxygens (including phenoxy) is 1. The number of hydrogen-bond acceptors (Lipinski definition) is 3. The predicted molar refractivity (Wildman–Crippen MR) is 107 cm³/mol. The van der Waals surface area contributed by atoms with Gasteiger partial charge in [-0.1, -0.05) is 66.2 Å². The minimum absolute atomic E-state index is 0.0571. The molecule has 0 heterocycles. The summed E-state index contributed by atoms with van der Waals surface area (Å²) in [6.45, 7) is 0. The molecule has 0 saturated heterocycles. The third-order valence-electron chi connectivity index (χ3n) is 4.38. The third kappa shape index (κ3) is 5.08. The Kier molecular flexibility index (Phi) is 6.09. The van der Waals surface area contributed by atoms with E-state index in [4.69, 9.17) is 16.3 Å². The number of methoxy groups -OCH3 is 1. The second-order valence-corrected chi connectivity index (χ2v) is 6.75. The number of amides is 1. The molecule has 138 valence electrons. The fourth-order valence-electron chi connectivity index (χ4n) is 2.98. The summed E-state index contributed by atoms with van der Waals surface area (Å²) in [4.78, 5) is 24.3. The van der Waals surface area contributed by atoms with Gasteiger partial charge in [0.1, 0.15) is 0 Å². The average Bonchev–Trinajstić information content (AvgIpc) is 2.67. The summed E-state index contributed by atoms with van der Waals surface area (Å²) in [6.07, 6.45) is 0.289. The molecule has 0 aliphatic heterocycles. The topological polar surface area (TPSA) is 55.4 Å². The molecule has 1 amide bonds. The molecule has 0 radical (unpaired) electrons. The van der Waals surface area contributed by atoms with Gasteiger partial charge in [0.05, 0.1) is 26.0 Å². The smallest absolute Gasteiger partial charge is 0.307 e. The minimum Gasteiger partial charge on any atom is -0.469 e. The van der Waals surface area contributed by atoms with Gasteiger partial charge in [-0.15, -0.1) is 0 Å². The van der Waals surface area contributed by atoms with Crippen molar-refractivity contribution in [2.75, 3.05) is 7.11 Å². The van der Waals surface area contributed by atoms with Crippen molar-refractivity contribution in [3.05, 3.63) is 82.9 Å². The van der Waals surface area contributed by atoms with Crippen molar-refractivity contribution < 1.29 is 14.3 Å². The predicted octanol–water partition coefficient (Wildman–Crippen LogP) is 4.46. The normalized spacial score (nSPS) is 11.8. The first-order valence-electron chi connectivity index (χ1n) is 8.64. The van der Waals surface area contributed by atoms with Gasteiger partial charge >= 0.3 is 5.97 Å². The van der Waals surface area contributed by atoms with E-state index in [1.165, 1.54) is 7.11 Å². The summed E-state index contributed by atoms with van der Waals surface area (Å²) in [6, 6.07) is 20.6. The molecule has 0 fully saturated rings. The molecular weight excluding hydrogens is 362 g/mol. The van der Waals surface area contributed by atoms with Crippen LogP contribution in [-0.2, 0) is 20.7 Å².